The minimum atomic E-state index is -0.530. The summed E-state index contributed by atoms with van der Waals surface area (Å²) in [7, 11) is 1.95. The van der Waals surface area contributed by atoms with Crippen LogP contribution in [0.15, 0.2) is 42.5 Å². The Morgan fingerprint density at radius 2 is 1.81 bits per heavy atom. The van der Waals surface area contributed by atoms with Gasteiger partial charge in [-0.1, -0.05) is 11.6 Å². The van der Waals surface area contributed by atoms with E-state index in [0.717, 1.165) is 5.69 Å². The van der Waals surface area contributed by atoms with Crippen LogP contribution in [0.5, 0.6) is 0 Å². The number of hydrogen-bond donors (Lipinski definition) is 1. The molecule has 1 saturated heterocycles. The molecular weight excluding hydrogens is 369 g/mol. The second kappa shape index (κ2) is 6.53. The third-order valence-corrected chi connectivity index (χ3v) is 5.76. The fraction of sp³-hybridized carbons (Fsp3) is 0.300. The standard InChI is InChI=1S/C20H19ClFN3O2/c1-24-17-7-4-14(21)12-16(17)18(26)23-20(24)8-10-25(11-9-20)19(27)13-2-5-15(22)6-3-13/h2-7,12H,8-11H2,1H3,(H,23,26). The van der Waals surface area contributed by atoms with Crippen LogP contribution in [0, 0.1) is 5.82 Å². The van der Waals surface area contributed by atoms with E-state index in [-0.39, 0.29) is 17.6 Å². The zero-order valence-electron chi connectivity index (χ0n) is 14.8. The second-order valence-electron chi connectivity index (χ2n) is 7.01. The van der Waals surface area contributed by atoms with Gasteiger partial charge in [0.05, 0.1) is 11.3 Å². The van der Waals surface area contributed by atoms with Gasteiger partial charge in [-0.05, 0) is 42.5 Å². The lowest BCUT2D eigenvalue weighted by atomic mass is 9.90. The summed E-state index contributed by atoms with van der Waals surface area (Å²) >= 11 is 6.02. The van der Waals surface area contributed by atoms with Crippen LogP contribution in [0.3, 0.4) is 0 Å². The van der Waals surface area contributed by atoms with Gasteiger partial charge in [-0.3, -0.25) is 9.59 Å². The first-order valence-corrected chi connectivity index (χ1v) is 9.18. The van der Waals surface area contributed by atoms with Crippen LogP contribution in [-0.4, -0.2) is 42.5 Å². The van der Waals surface area contributed by atoms with E-state index in [9.17, 15) is 14.0 Å². The van der Waals surface area contributed by atoms with Crippen LogP contribution in [0.2, 0.25) is 5.02 Å². The largest absolute Gasteiger partial charge is 0.351 e. The molecule has 2 heterocycles. The molecular formula is C20H19ClFN3O2. The average molecular weight is 388 g/mol. The van der Waals surface area contributed by atoms with Crippen molar-refractivity contribution in [2.45, 2.75) is 18.5 Å². The summed E-state index contributed by atoms with van der Waals surface area (Å²) in [6.45, 7) is 1.01. The Morgan fingerprint density at radius 3 is 2.48 bits per heavy atom. The highest BCUT2D eigenvalue weighted by Crippen LogP contribution is 2.37. The van der Waals surface area contributed by atoms with Crippen molar-refractivity contribution in [2.75, 3.05) is 25.0 Å². The number of fused-ring (bicyclic) bond motifs is 1. The highest BCUT2D eigenvalue weighted by molar-refractivity contribution is 6.31. The molecule has 0 unspecified atom stereocenters. The Morgan fingerprint density at radius 1 is 1.15 bits per heavy atom. The number of nitrogens with one attached hydrogen (secondary N) is 1. The third-order valence-electron chi connectivity index (χ3n) is 5.52. The number of carbonyl (C=O) groups is 2. The van der Waals surface area contributed by atoms with Gasteiger partial charge in [0.2, 0.25) is 0 Å². The number of nitrogens with zero attached hydrogens (tertiary/aromatic N) is 2. The molecule has 0 aliphatic carbocycles. The molecule has 0 bridgehead atoms. The molecule has 4 rings (SSSR count). The SMILES string of the molecule is CN1c2ccc(Cl)cc2C(=O)NC12CCN(C(=O)c1ccc(F)cc1)CC2. The Kier molecular flexibility index (Phi) is 4.30. The number of rotatable bonds is 1. The van der Waals surface area contributed by atoms with Gasteiger partial charge in [0.1, 0.15) is 11.5 Å². The third kappa shape index (κ3) is 3.04. The molecule has 1 spiro atoms. The highest BCUT2D eigenvalue weighted by Gasteiger charge is 2.44. The number of halogens is 2. The van der Waals surface area contributed by atoms with Gasteiger partial charge in [0, 0.05) is 43.6 Å². The molecule has 2 aliphatic heterocycles. The van der Waals surface area contributed by atoms with Crippen molar-refractivity contribution in [3.8, 4) is 0 Å². The number of amides is 2. The molecule has 140 valence electrons. The van der Waals surface area contributed by atoms with E-state index in [1.165, 1.54) is 24.3 Å². The summed E-state index contributed by atoms with van der Waals surface area (Å²) in [5.41, 5.74) is 1.33. The zero-order valence-corrected chi connectivity index (χ0v) is 15.6. The lowest BCUT2D eigenvalue weighted by molar-refractivity contribution is 0.0609. The van der Waals surface area contributed by atoms with Crippen molar-refractivity contribution >= 4 is 29.1 Å². The molecule has 1 fully saturated rings. The molecule has 2 amide bonds. The molecule has 0 aromatic heterocycles. The summed E-state index contributed by atoms with van der Waals surface area (Å²) in [5.74, 6) is -0.639. The quantitative estimate of drug-likeness (QED) is 0.817. The van der Waals surface area contributed by atoms with Crippen molar-refractivity contribution < 1.29 is 14.0 Å². The first-order valence-electron chi connectivity index (χ1n) is 8.80. The predicted octanol–water partition coefficient (Wildman–Crippen LogP) is 3.29. The number of anilines is 1. The van der Waals surface area contributed by atoms with Crippen molar-refractivity contribution in [3.63, 3.8) is 0 Å². The molecule has 2 aromatic carbocycles. The van der Waals surface area contributed by atoms with Gasteiger partial charge in [0.25, 0.3) is 11.8 Å². The maximum Gasteiger partial charge on any atom is 0.255 e. The summed E-state index contributed by atoms with van der Waals surface area (Å²) in [6.07, 6.45) is 1.20. The first kappa shape index (κ1) is 17.8. The highest BCUT2D eigenvalue weighted by atomic mass is 35.5. The normalized spacial score (nSPS) is 18.3. The first-order chi connectivity index (χ1) is 12.9. The van der Waals surface area contributed by atoms with E-state index in [0.29, 0.717) is 42.1 Å². The summed E-state index contributed by atoms with van der Waals surface area (Å²) in [4.78, 5) is 29.1. The van der Waals surface area contributed by atoms with Crippen molar-refractivity contribution in [2.24, 2.45) is 0 Å². The Balaban J connectivity index is 1.53. The Bertz CT molecular complexity index is 908. The van der Waals surface area contributed by atoms with Gasteiger partial charge in [0.15, 0.2) is 0 Å². The number of benzene rings is 2. The van der Waals surface area contributed by atoms with E-state index in [1.54, 1.807) is 17.0 Å². The average Bonchev–Trinajstić information content (AvgIpc) is 2.67. The van der Waals surface area contributed by atoms with Crippen LogP contribution in [0.4, 0.5) is 10.1 Å². The zero-order chi connectivity index (χ0) is 19.2. The van der Waals surface area contributed by atoms with Crippen LogP contribution < -0.4 is 10.2 Å². The number of piperidine rings is 1. The van der Waals surface area contributed by atoms with Crippen LogP contribution in [-0.2, 0) is 0 Å². The molecule has 1 N–H and O–H groups in total. The summed E-state index contributed by atoms with van der Waals surface area (Å²) < 4.78 is 13.1. The maximum atomic E-state index is 13.1. The molecule has 0 atom stereocenters. The number of carbonyl (C=O) groups excluding carboxylic acids is 2. The predicted molar refractivity (Wildman–Crippen MR) is 102 cm³/mol. The number of hydrogen-bond acceptors (Lipinski definition) is 3. The molecule has 5 nitrogen and oxygen atoms in total. The van der Waals surface area contributed by atoms with Gasteiger partial charge >= 0.3 is 0 Å². The smallest absolute Gasteiger partial charge is 0.255 e. The molecule has 0 saturated carbocycles. The van der Waals surface area contributed by atoms with E-state index in [2.05, 4.69) is 10.2 Å². The number of likely N-dealkylation sites (tertiary alicyclic amines) is 1. The molecule has 0 radical (unpaired) electrons. The van der Waals surface area contributed by atoms with E-state index in [1.807, 2.05) is 13.1 Å². The second-order valence-corrected chi connectivity index (χ2v) is 7.44. The molecule has 2 aromatic rings. The van der Waals surface area contributed by atoms with Gasteiger partial charge in [-0.25, -0.2) is 4.39 Å². The van der Waals surface area contributed by atoms with Gasteiger partial charge in [-0.2, -0.15) is 0 Å². The van der Waals surface area contributed by atoms with Gasteiger partial charge in [-0.15, -0.1) is 0 Å². The van der Waals surface area contributed by atoms with E-state index in [4.69, 9.17) is 11.6 Å². The Labute approximate surface area is 161 Å². The van der Waals surface area contributed by atoms with Crippen molar-refractivity contribution in [1.29, 1.82) is 0 Å². The summed E-state index contributed by atoms with van der Waals surface area (Å²) in [5, 5.41) is 3.63. The molecule has 2 aliphatic rings. The minimum absolute atomic E-state index is 0.123. The topological polar surface area (TPSA) is 52.7 Å². The van der Waals surface area contributed by atoms with Crippen LogP contribution >= 0.6 is 11.6 Å². The monoisotopic (exact) mass is 387 g/mol. The summed E-state index contributed by atoms with van der Waals surface area (Å²) in [6, 6.07) is 10.9. The van der Waals surface area contributed by atoms with E-state index < -0.39 is 5.66 Å². The van der Waals surface area contributed by atoms with Crippen LogP contribution in [0.1, 0.15) is 33.6 Å². The molecule has 7 heteroatoms. The molecule has 27 heavy (non-hydrogen) atoms. The maximum absolute atomic E-state index is 13.1. The van der Waals surface area contributed by atoms with Gasteiger partial charge < -0.3 is 15.1 Å². The lowest BCUT2D eigenvalue weighted by Gasteiger charge is -2.51. The minimum Gasteiger partial charge on any atom is -0.351 e. The van der Waals surface area contributed by atoms with Crippen LogP contribution in [0.25, 0.3) is 0 Å². The lowest BCUT2D eigenvalue weighted by Crippen LogP contribution is -2.67. The Hall–Kier alpha value is -2.60. The van der Waals surface area contributed by atoms with Crippen molar-refractivity contribution in [1.82, 2.24) is 10.2 Å². The van der Waals surface area contributed by atoms with Crippen molar-refractivity contribution in [3.05, 3.63) is 64.4 Å². The fourth-order valence-corrected chi connectivity index (χ4v) is 4.06. The van der Waals surface area contributed by atoms with E-state index >= 15 is 0 Å². The fourth-order valence-electron chi connectivity index (χ4n) is 3.89.